The molecule has 6 heteroatoms. The van der Waals surface area contributed by atoms with Crippen molar-refractivity contribution in [3.05, 3.63) is 97.2 Å². The van der Waals surface area contributed by atoms with Gasteiger partial charge in [-0.1, -0.05) is 240 Å². The maximum Gasteiger partial charge on any atom is 0.310 e. The second-order valence-corrected chi connectivity index (χ2v) is 17.8. The van der Waals surface area contributed by atoms with Crippen molar-refractivity contribution in [3.63, 3.8) is 0 Å². The Hall–Kier alpha value is -3.67. The van der Waals surface area contributed by atoms with Gasteiger partial charge in [0.25, 0.3) is 0 Å². The van der Waals surface area contributed by atoms with Crippen molar-refractivity contribution in [2.75, 3.05) is 13.2 Å². The largest absolute Gasteiger partial charge is 0.462 e. The first kappa shape index (κ1) is 62.3. The van der Waals surface area contributed by atoms with Gasteiger partial charge in [0.2, 0.25) is 0 Å². The number of hydrogen-bond acceptors (Lipinski definition) is 6. The molecule has 0 bridgehead atoms. The van der Waals surface area contributed by atoms with Crippen LogP contribution < -0.4 is 0 Å². The molecule has 0 rings (SSSR count). The summed E-state index contributed by atoms with van der Waals surface area (Å²) in [6.45, 7) is 6.41. The predicted octanol–water partition coefficient (Wildman–Crippen LogP) is 18.1. The van der Waals surface area contributed by atoms with E-state index in [0.717, 1.165) is 96.3 Å². The van der Waals surface area contributed by atoms with Gasteiger partial charge in [-0.15, -0.1) is 0 Å². The minimum Gasteiger partial charge on any atom is -0.462 e. The molecule has 0 aromatic rings. The molecule has 0 aliphatic rings. The van der Waals surface area contributed by atoms with E-state index in [0.29, 0.717) is 12.8 Å². The Morgan fingerprint density at radius 2 is 0.636 bits per heavy atom. The third kappa shape index (κ3) is 51.3. The smallest absolute Gasteiger partial charge is 0.310 e. The van der Waals surface area contributed by atoms with E-state index in [1.54, 1.807) is 6.08 Å². The lowest BCUT2D eigenvalue weighted by atomic mass is 10.0. The molecular formula is C60H100O6. The summed E-state index contributed by atoms with van der Waals surface area (Å²) in [5.41, 5.74) is 0. The summed E-state index contributed by atoms with van der Waals surface area (Å²) >= 11 is 0. The maximum absolute atomic E-state index is 12.7. The van der Waals surface area contributed by atoms with Crippen LogP contribution in [0.2, 0.25) is 0 Å². The average Bonchev–Trinajstić information content (AvgIpc) is 3.31. The highest BCUT2D eigenvalue weighted by molar-refractivity contribution is 5.72. The second kappa shape index (κ2) is 53.9. The molecule has 0 heterocycles. The van der Waals surface area contributed by atoms with E-state index in [2.05, 4.69) is 106 Å². The van der Waals surface area contributed by atoms with E-state index < -0.39 is 12.1 Å². The molecule has 6 nitrogen and oxygen atoms in total. The first-order valence-electron chi connectivity index (χ1n) is 27.2. The first-order valence-corrected chi connectivity index (χ1v) is 27.2. The monoisotopic (exact) mass is 917 g/mol. The van der Waals surface area contributed by atoms with E-state index in [9.17, 15) is 14.4 Å². The van der Waals surface area contributed by atoms with Crippen LogP contribution in [0.25, 0.3) is 0 Å². The van der Waals surface area contributed by atoms with Gasteiger partial charge in [0.1, 0.15) is 13.2 Å². The van der Waals surface area contributed by atoms with Crippen LogP contribution in [0.4, 0.5) is 0 Å². The number of allylic oxidation sites excluding steroid dienone is 15. The quantitative estimate of drug-likeness (QED) is 0.0262. The third-order valence-corrected chi connectivity index (χ3v) is 11.4. The zero-order chi connectivity index (χ0) is 47.9. The van der Waals surface area contributed by atoms with Crippen LogP contribution in [0.3, 0.4) is 0 Å². The Labute approximate surface area is 407 Å². The molecule has 0 aromatic heterocycles. The van der Waals surface area contributed by atoms with Gasteiger partial charge in [0.05, 0.1) is 6.42 Å². The van der Waals surface area contributed by atoms with Gasteiger partial charge in [0, 0.05) is 12.8 Å². The third-order valence-electron chi connectivity index (χ3n) is 11.4. The van der Waals surface area contributed by atoms with E-state index >= 15 is 0 Å². The van der Waals surface area contributed by atoms with Crippen molar-refractivity contribution >= 4 is 17.9 Å². The lowest BCUT2D eigenvalue weighted by Crippen LogP contribution is -2.30. The lowest BCUT2D eigenvalue weighted by Gasteiger charge is -2.18. The minimum absolute atomic E-state index is 0.0931. The molecule has 0 amide bonds. The molecule has 376 valence electrons. The predicted molar refractivity (Wildman–Crippen MR) is 284 cm³/mol. The van der Waals surface area contributed by atoms with Gasteiger partial charge in [-0.2, -0.15) is 0 Å². The zero-order valence-electron chi connectivity index (χ0n) is 42.9. The van der Waals surface area contributed by atoms with Crippen LogP contribution >= 0.6 is 0 Å². The molecule has 0 spiro atoms. The molecule has 0 fully saturated rings. The molecule has 0 N–H and O–H groups in total. The highest BCUT2D eigenvalue weighted by atomic mass is 16.6. The molecule has 0 radical (unpaired) electrons. The number of ether oxygens (including phenoxy) is 3. The molecule has 0 saturated heterocycles. The van der Waals surface area contributed by atoms with Crippen molar-refractivity contribution in [2.24, 2.45) is 0 Å². The Kier molecular flexibility index (Phi) is 50.9. The summed E-state index contributed by atoms with van der Waals surface area (Å²) in [6.07, 6.45) is 71.3. The topological polar surface area (TPSA) is 78.9 Å². The van der Waals surface area contributed by atoms with Crippen molar-refractivity contribution < 1.29 is 28.6 Å². The molecule has 1 atom stereocenters. The summed E-state index contributed by atoms with van der Waals surface area (Å²) < 4.78 is 16.7. The van der Waals surface area contributed by atoms with E-state index in [1.165, 1.54) is 109 Å². The van der Waals surface area contributed by atoms with Crippen LogP contribution in [0.1, 0.15) is 245 Å². The number of carbonyl (C=O) groups excluding carboxylic acids is 3. The Balaban J connectivity index is 4.47. The lowest BCUT2D eigenvalue weighted by molar-refractivity contribution is -0.166. The summed E-state index contributed by atoms with van der Waals surface area (Å²) in [5, 5.41) is 0. The Morgan fingerprint density at radius 3 is 1.00 bits per heavy atom. The summed E-state index contributed by atoms with van der Waals surface area (Å²) in [4.78, 5) is 38.0. The number of carbonyl (C=O) groups is 3. The van der Waals surface area contributed by atoms with Crippen LogP contribution in [0.15, 0.2) is 97.2 Å². The molecule has 0 aliphatic carbocycles. The summed E-state index contributed by atoms with van der Waals surface area (Å²) in [6, 6.07) is 0. The van der Waals surface area contributed by atoms with Gasteiger partial charge in [0.15, 0.2) is 6.10 Å². The zero-order valence-corrected chi connectivity index (χ0v) is 42.9. The number of rotatable bonds is 48. The van der Waals surface area contributed by atoms with Crippen LogP contribution in [0.5, 0.6) is 0 Å². The van der Waals surface area contributed by atoms with Gasteiger partial charge in [-0.25, -0.2) is 0 Å². The van der Waals surface area contributed by atoms with Gasteiger partial charge in [-0.3, -0.25) is 14.4 Å². The fourth-order valence-electron chi connectivity index (χ4n) is 7.29. The van der Waals surface area contributed by atoms with Crippen LogP contribution in [-0.2, 0) is 28.6 Å². The fraction of sp³-hybridized carbons (Fsp3) is 0.683. The molecule has 0 aromatic carbocycles. The first-order chi connectivity index (χ1) is 32.5. The van der Waals surface area contributed by atoms with Crippen LogP contribution in [0, 0.1) is 0 Å². The minimum atomic E-state index is -0.836. The van der Waals surface area contributed by atoms with Gasteiger partial charge < -0.3 is 14.2 Å². The van der Waals surface area contributed by atoms with Crippen molar-refractivity contribution in [1.82, 2.24) is 0 Å². The average molecular weight is 917 g/mol. The van der Waals surface area contributed by atoms with Crippen molar-refractivity contribution in [3.8, 4) is 0 Å². The highest BCUT2D eigenvalue weighted by Crippen LogP contribution is 2.14. The number of hydrogen-bond donors (Lipinski definition) is 0. The van der Waals surface area contributed by atoms with Crippen molar-refractivity contribution in [2.45, 2.75) is 252 Å². The molecule has 0 saturated carbocycles. The summed E-state index contributed by atoms with van der Waals surface area (Å²) in [5.74, 6) is -1.06. The SMILES string of the molecule is CC/C=C\C/C=C\C/C=C\C/C=C\C/C=C\CC(=O)OC(COC(=O)CCCCCCCC/C=C\C/C=C\C/C=C\CCCCCCC)COC(=O)CCCCCCCCCCCCCC. The Bertz CT molecular complexity index is 1330. The van der Waals surface area contributed by atoms with E-state index in [1.807, 2.05) is 6.08 Å². The van der Waals surface area contributed by atoms with Gasteiger partial charge >= 0.3 is 17.9 Å². The number of unbranched alkanes of at least 4 members (excludes halogenated alkanes) is 22. The van der Waals surface area contributed by atoms with Gasteiger partial charge in [-0.05, 0) is 83.5 Å². The molecular weight excluding hydrogens is 817 g/mol. The van der Waals surface area contributed by atoms with E-state index in [-0.39, 0.29) is 31.6 Å². The standard InChI is InChI=1S/C60H100O6/c1-4-7-10-13-16-19-22-25-27-28-29-30-31-32-34-35-38-41-44-47-50-53-59(62)65-56-57(55-64-58(61)52-49-46-43-40-37-24-21-18-15-12-9-6-3)66-60(63)54-51-48-45-42-39-36-33-26-23-20-17-14-11-8-5-2/h8,11,17,20,22,25-26,28-29,31-33,39,42,48,51,57H,4-7,9-10,12-16,18-19,21,23-24,27,30,34-38,40-41,43-47,49-50,52-56H2,1-3H3/b11-8-,20-17-,25-22-,29-28-,32-31-,33-26-,42-39-,51-48-. The van der Waals surface area contributed by atoms with Crippen molar-refractivity contribution in [1.29, 1.82) is 0 Å². The fourth-order valence-corrected chi connectivity index (χ4v) is 7.29. The second-order valence-electron chi connectivity index (χ2n) is 17.8. The maximum atomic E-state index is 12.7. The van der Waals surface area contributed by atoms with E-state index in [4.69, 9.17) is 14.2 Å². The highest BCUT2D eigenvalue weighted by Gasteiger charge is 2.19. The summed E-state index contributed by atoms with van der Waals surface area (Å²) in [7, 11) is 0. The Morgan fingerprint density at radius 1 is 0.333 bits per heavy atom. The molecule has 1 unspecified atom stereocenters. The number of esters is 3. The normalized spacial score (nSPS) is 12.8. The van der Waals surface area contributed by atoms with Crippen LogP contribution in [-0.4, -0.2) is 37.2 Å². The molecule has 66 heavy (non-hydrogen) atoms. The molecule has 0 aliphatic heterocycles.